The van der Waals surface area contributed by atoms with Crippen LogP contribution < -0.4 is 5.73 Å². The second kappa shape index (κ2) is 6.53. The van der Waals surface area contributed by atoms with Crippen LogP contribution in [0.25, 0.3) is 11.6 Å². The fourth-order valence-electron chi connectivity index (χ4n) is 3.73. The molecule has 2 aromatic heterocycles. The van der Waals surface area contributed by atoms with E-state index < -0.39 is 23.0 Å². The number of halogens is 2. The topological polar surface area (TPSA) is 94.9 Å². The minimum absolute atomic E-state index is 0.0336. The minimum atomic E-state index is -0.988. The highest BCUT2D eigenvalue weighted by Gasteiger charge is 2.45. The molecule has 3 aromatic rings. The highest BCUT2D eigenvalue weighted by Crippen LogP contribution is 2.47. The van der Waals surface area contributed by atoms with Gasteiger partial charge in [-0.3, -0.25) is 4.79 Å². The van der Waals surface area contributed by atoms with Crippen molar-refractivity contribution in [1.29, 1.82) is 0 Å². The van der Waals surface area contributed by atoms with Gasteiger partial charge in [0.1, 0.15) is 23.0 Å². The molecule has 2 heterocycles. The van der Waals surface area contributed by atoms with Gasteiger partial charge in [0, 0.05) is 5.56 Å². The van der Waals surface area contributed by atoms with Crippen LogP contribution in [0.1, 0.15) is 47.6 Å². The average molecular weight is 370 g/mol. The van der Waals surface area contributed by atoms with Gasteiger partial charge in [-0.25, -0.2) is 13.8 Å². The van der Waals surface area contributed by atoms with Gasteiger partial charge in [-0.1, -0.05) is 30.1 Å². The van der Waals surface area contributed by atoms with Crippen molar-refractivity contribution in [3.63, 3.8) is 0 Å². The number of aromatic nitrogens is 3. The molecule has 6 nitrogen and oxygen atoms in total. The smallest absolute Gasteiger partial charge is 0.276 e. The molecule has 8 heteroatoms. The van der Waals surface area contributed by atoms with Crippen LogP contribution in [0.4, 0.5) is 8.78 Å². The lowest BCUT2D eigenvalue weighted by atomic mass is 9.77. The van der Waals surface area contributed by atoms with E-state index in [1.165, 1.54) is 24.3 Å². The molecule has 1 aromatic carbocycles. The first-order valence-corrected chi connectivity index (χ1v) is 8.57. The van der Waals surface area contributed by atoms with Crippen molar-refractivity contribution >= 4 is 5.91 Å². The first-order valence-electron chi connectivity index (χ1n) is 8.57. The second-order valence-electron chi connectivity index (χ2n) is 6.58. The second-order valence-corrected chi connectivity index (χ2v) is 6.58. The maximum absolute atomic E-state index is 14.5. The summed E-state index contributed by atoms with van der Waals surface area (Å²) in [5.41, 5.74) is 4.55. The first-order chi connectivity index (χ1) is 13.0. The van der Waals surface area contributed by atoms with Gasteiger partial charge in [0.05, 0.1) is 5.41 Å². The molecule has 138 valence electrons. The van der Waals surface area contributed by atoms with Crippen molar-refractivity contribution in [1.82, 2.24) is 15.1 Å². The maximum atomic E-state index is 14.5. The van der Waals surface area contributed by atoms with Gasteiger partial charge in [-0.2, -0.15) is 4.98 Å². The molecule has 27 heavy (non-hydrogen) atoms. The van der Waals surface area contributed by atoms with E-state index >= 15 is 0 Å². The molecule has 1 fully saturated rings. The van der Waals surface area contributed by atoms with Crippen molar-refractivity contribution in [2.75, 3.05) is 0 Å². The van der Waals surface area contributed by atoms with Crippen LogP contribution in [0.3, 0.4) is 0 Å². The quantitative estimate of drug-likeness (QED) is 0.760. The first kappa shape index (κ1) is 17.3. The number of benzene rings is 1. The van der Waals surface area contributed by atoms with Crippen molar-refractivity contribution in [2.24, 2.45) is 5.73 Å². The number of amides is 1. The maximum Gasteiger partial charge on any atom is 0.276 e. The number of nitrogens with two attached hydrogens (primary N) is 1. The summed E-state index contributed by atoms with van der Waals surface area (Å²) in [5.74, 6) is -1.66. The third-order valence-electron chi connectivity index (χ3n) is 4.97. The van der Waals surface area contributed by atoms with Crippen LogP contribution in [0, 0.1) is 11.6 Å². The summed E-state index contributed by atoms with van der Waals surface area (Å²) in [6.45, 7) is 0. The molecule has 0 radical (unpaired) electrons. The summed E-state index contributed by atoms with van der Waals surface area (Å²) in [6, 6.07) is 8.45. The molecule has 0 aliphatic heterocycles. The zero-order chi connectivity index (χ0) is 19.0. The summed E-state index contributed by atoms with van der Waals surface area (Å²) in [4.78, 5) is 19.8. The molecule has 0 unspecified atom stereocenters. The molecule has 0 spiro atoms. The fraction of sp³-hybridized carbons (Fsp3) is 0.263. The molecule has 1 amide bonds. The van der Waals surface area contributed by atoms with Crippen molar-refractivity contribution < 1.29 is 18.1 Å². The van der Waals surface area contributed by atoms with Gasteiger partial charge in [0.25, 0.3) is 11.8 Å². The predicted molar refractivity (Wildman–Crippen MR) is 91.7 cm³/mol. The van der Waals surface area contributed by atoms with E-state index in [2.05, 4.69) is 15.1 Å². The highest BCUT2D eigenvalue weighted by atomic mass is 19.1. The van der Waals surface area contributed by atoms with E-state index in [1.54, 1.807) is 12.1 Å². The van der Waals surface area contributed by atoms with Crippen LogP contribution in [-0.2, 0) is 5.41 Å². The lowest BCUT2D eigenvalue weighted by Gasteiger charge is -2.26. The third kappa shape index (κ3) is 2.87. The minimum Gasteiger partial charge on any atom is -0.364 e. The fourth-order valence-corrected chi connectivity index (χ4v) is 3.73. The Balaban J connectivity index is 1.81. The summed E-state index contributed by atoms with van der Waals surface area (Å²) >= 11 is 0. The Morgan fingerprint density at radius 3 is 2.37 bits per heavy atom. The Morgan fingerprint density at radius 2 is 1.70 bits per heavy atom. The Labute approximate surface area is 153 Å². The van der Waals surface area contributed by atoms with E-state index in [9.17, 15) is 13.6 Å². The Morgan fingerprint density at radius 1 is 1.04 bits per heavy atom. The van der Waals surface area contributed by atoms with E-state index in [0.717, 1.165) is 12.8 Å². The lowest BCUT2D eigenvalue weighted by Crippen LogP contribution is -2.28. The van der Waals surface area contributed by atoms with Crippen LogP contribution in [-0.4, -0.2) is 21.0 Å². The number of hydrogen-bond acceptors (Lipinski definition) is 5. The zero-order valence-corrected chi connectivity index (χ0v) is 14.3. The van der Waals surface area contributed by atoms with Crippen LogP contribution in [0.15, 0.2) is 40.9 Å². The molecule has 1 aliphatic rings. The Hall–Kier alpha value is -3.16. The van der Waals surface area contributed by atoms with E-state index in [4.69, 9.17) is 10.3 Å². The summed E-state index contributed by atoms with van der Waals surface area (Å²) in [6.07, 6.45) is 2.62. The number of nitrogens with zero attached hydrogens (tertiary/aromatic N) is 3. The van der Waals surface area contributed by atoms with Gasteiger partial charge in [-0.15, -0.1) is 0 Å². The van der Waals surface area contributed by atoms with Gasteiger partial charge in [0.2, 0.25) is 0 Å². The van der Waals surface area contributed by atoms with Gasteiger partial charge < -0.3 is 10.3 Å². The number of primary amides is 1. The van der Waals surface area contributed by atoms with Gasteiger partial charge in [0.15, 0.2) is 5.82 Å². The van der Waals surface area contributed by atoms with E-state index in [1.807, 2.05) is 0 Å². The molecule has 0 bridgehead atoms. The van der Waals surface area contributed by atoms with Crippen LogP contribution in [0.2, 0.25) is 0 Å². The van der Waals surface area contributed by atoms with Crippen molar-refractivity contribution in [3.8, 4) is 11.6 Å². The van der Waals surface area contributed by atoms with Crippen LogP contribution >= 0.6 is 0 Å². The standard InChI is InChI=1S/C19H16F2N4O2/c20-11-5-3-6-12(21)15(11)19(9-1-2-10-19)18-24-17(27-25-18)14-8-4-7-13(23-14)16(22)26/h3-8H,1-2,9-10H2,(H2,22,26). The summed E-state index contributed by atoms with van der Waals surface area (Å²) in [7, 11) is 0. The van der Waals surface area contributed by atoms with E-state index in [-0.39, 0.29) is 28.7 Å². The number of rotatable bonds is 4. The van der Waals surface area contributed by atoms with Crippen LogP contribution in [0.5, 0.6) is 0 Å². The van der Waals surface area contributed by atoms with Crippen molar-refractivity contribution in [3.05, 3.63) is 65.1 Å². The third-order valence-corrected chi connectivity index (χ3v) is 4.97. The number of hydrogen-bond donors (Lipinski definition) is 1. The molecule has 4 rings (SSSR count). The SMILES string of the molecule is NC(=O)c1cccc(-c2nc(C3(c4c(F)cccc4F)CCCC3)no2)n1. The van der Waals surface area contributed by atoms with Gasteiger partial charge >= 0.3 is 0 Å². The average Bonchev–Trinajstić information content (AvgIpc) is 3.32. The monoisotopic (exact) mass is 370 g/mol. The molecule has 1 saturated carbocycles. The molecular weight excluding hydrogens is 354 g/mol. The molecular formula is C19H16F2N4O2. The number of carbonyl (C=O) groups is 1. The van der Waals surface area contributed by atoms with Crippen molar-refractivity contribution in [2.45, 2.75) is 31.1 Å². The van der Waals surface area contributed by atoms with E-state index in [0.29, 0.717) is 12.8 Å². The number of pyridine rings is 1. The zero-order valence-electron chi connectivity index (χ0n) is 14.3. The number of carbonyl (C=O) groups excluding carboxylic acids is 1. The molecule has 2 N–H and O–H groups in total. The largest absolute Gasteiger partial charge is 0.364 e. The molecule has 0 atom stereocenters. The normalized spacial score (nSPS) is 15.8. The lowest BCUT2D eigenvalue weighted by molar-refractivity contribution is 0.0995. The summed E-state index contributed by atoms with van der Waals surface area (Å²) < 4.78 is 34.3. The predicted octanol–water partition coefficient (Wildman–Crippen LogP) is 3.37. The Bertz CT molecular complexity index is 992. The van der Waals surface area contributed by atoms with Gasteiger partial charge in [-0.05, 0) is 37.1 Å². The highest BCUT2D eigenvalue weighted by molar-refractivity contribution is 5.91. The Kier molecular flexibility index (Phi) is 4.18. The summed E-state index contributed by atoms with van der Waals surface area (Å²) in [5, 5.41) is 4.00. The molecule has 0 saturated heterocycles. The molecule has 1 aliphatic carbocycles.